The van der Waals surface area contributed by atoms with Crippen molar-refractivity contribution in [1.29, 1.82) is 0 Å². The minimum Gasteiger partial charge on any atom is -0.324 e. The van der Waals surface area contributed by atoms with E-state index >= 15 is 0 Å². The van der Waals surface area contributed by atoms with Gasteiger partial charge in [-0.15, -0.1) is 0 Å². The van der Waals surface area contributed by atoms with Crippen LogP contribution in [0.25, 0.3) is 0 Å². The van der Waals surface area contributed by atoms with E-state index in [0.717, 1.165) is 32.2 Å². The number of hydrogen-bond acceptors (Lipinski definition) is 2. The Hall–Kier alpha value is -1.84. The zero-order chi connectivity index (χ0) is 16.6. The Bertz CT molecular complexity index is 624. The Morgan fingerprint density at radius 1 is 1.08 bits per heavy atom. The van der Waals surface area contributed by atoms with Crippen molar-refractivity contribution in [2.24, 2.45) is 11.3 Å². The molecule has 3 aliphatic rings. The third-order valence-corrected chi connectivity index (χ3v) is 6.24. The van der Waals surface area contributed by atoms with E-state index in [1.54, 1.807) is 4.90 Å². The number of likely N-dealkylation sites (tertiary alicyclic amines) is 1. The number of rotatable bonds is 2. The molecular formula is C20H26N2O2. The minimum absolute atomic E-state index is 0.0396. The molecule has 1 aliphatic heterocycles. The van der Waals surface area contributed by atoms with Crippen molar-refractivity contribution < 1.29 is 9.59 Å². The molecule has 1 unspecified atom stereocenters. The fourth-order valence-electron chi connectivity index (χ4n) is 4.53. The zero-order valence-corrected chi connectivity index (χ0v) is 14.2. The molecule has 1 N–H and O–H groups in total. The molecule has 2 aliphatic carbocycles. The second-order valence-electron chi connectivity index (χ2n) is 7.93. The van der Waals surface area contributed by atoms with Crippen LogP contribution in [0.2, 0.25) is 0 Å². The maximum Gasteiger partial charge on any atom is 0.324 e. The molecule has 128 valence electrons. The summed E-state index contributed by atoms with van der Waals surface area (Å²) < 4.78 is 0. The summed E-state index contributed by atoms with van der Waals surface area (Å²) in [5, 5.41) is 2.68. The first-order valence-electron chi connectivity index (χ1n) is 9.30. The summed E-state index contributed by atoms with van der Waals surface area (Å²) in [5.41, 5.74) is 1.73. The van der Waals surface area contributed by atoms with Crippen LogP contribution in [0, 0.1) is 11.3 Å². The third-order valence-electron chi connectivity index (χ3n) is 6.24. The predicted octanol–water partition coefficient (Wildman–Crippen LogP) is 3.68. The molecule has 4 rings (SSSR count). The van der Waals surface area contributed by atoms with Gasteiger partial charge in [0.05, 0.1) is 0 Å². The van der Waals surface area contributed by atoms with Gasteiger partial charge in [0.1, 0.15) is 0 Å². The van der Waals surface area contributed by atoms with E-state index in [1.165, 1.54) is 24.8 Å². The summed E-state index contributed by atoms with van der Waals surface area (Å²) in [6, 6.07) is 10.1. The lowest BCUT2D eigenvalue weighted by molar-refractivity contribution is -0.125. The summed E-state index contributed by atoms with van der Waals surface area (Å²) in [7, 11) is 0. The van der Waals surface area contributed by atoms with Crippen molar-refractivity contribution >= 4 is 11.9 Å². The maximum absolute atomic E-state index is 12.5. The number of nitrogens with zero attached hydrogens (tertiary/aromatic N) is 1. The number of amides is 3. The number of carbonyl (C=O) groups is 2. The van der Waals surface area contributed by atoms with Gasteiger partial charge in [-0.2, -0.15) is 0 Å². The number of carbonyl (C=O) groups excluding carboxylic acids is 2. The van der Waals surface area contributed by atoms with Crippen LogP contribution in [0.1, 0.15) is 56.4 Å². The van der Waals surface area contributed by atoms with Gasteiger partial charge in [-0.05, 0) is 49.5 Å². The fraction of sp³-hybridized carbons (Fsp3) is 0.600. The lowest BCUT2D eigenvalue weighted by Gasteiger charge is -2.28. The quantitative estimate of drug-likeness (QED) is 0.901. The topological polar surface area (TPSA) is 49.4 Å². The van der Waals surface area contributed by atoms with Gasteiger partial charge in [0.25, 0.3) is 0 Å². The van der Waals surface area contributed by atoms with Gasteiger partial charge in [0.15, 0.2) is 0 Å². The van der Waals surface area contributed by atoms with Crippen LogP contribution in [0.15, 0.2) is 30.3 Å². The van der Waals surface area contributed by atoms with Crippen LogP contribution in [-0.2, 0) is 4.79 Å². The van der Waals surface area contributed by atoms with Crippen molar-refractivity contribution in [2.75, 3.05) is 13.1 Å². The largest absolute Gasteiger partial charge is 0.324 e. The van der Waals surface area contributed by atoms with Crippen molar-refractivity contribution in [3.8, 4) is 0 Å². The first kappa shape index (κ1) is 15.7. The lowest BCUT2D eigenvalue weighted by Crippen LogP contribution is -2.45. The normalized spacial score (nSPS) is 27.9. The monoisotopic (exact) mass is 326 g/mol. The van der Waals surface area contributed by atoms with E-state index in [1.807, 2.05) is 18.2 Å². The first-order valence-corrected chi connectivity index (χ1v) is 9.30. The summed E-state index contributed by atoms with van der Waals surface area (Å²) in [6.45, 7) is 1.44. The van der Waals surface area contributed by atoms with Crippen LogP contribution >= 0.6 is 0 Å². The summed E-state index contributed by atoms with van der Waals surface area (Å²) >= 11 is 0. The molecule has 1 heterocycles. The Morgan fingerprint density at radius 2 is 1.88 bits per heavy atom. The highest BCUT2D eigenvalue weighted by Gasteiger charge is 2.47. The molecule has 2 atom stereocenters. The molecule has 2 saturated carbocycles. The van der Waals surface area contributed by atoms with Crippen LogP contribution in [0.3, 0.4) is 0 Å². The van der Waals surface area contributed by atoms with Crippen LogP contribution in [-0.4, -0.2) is 29.9 Å². The van der Waals surface area contributed by atoms with Gasteiger partial charge in [0.2, 0.25) is 5.91 Å². The molecule has 24 heavy (non-hydrogen) atoms. The van der Waals surface area contributed by atoms with Gasteiger partial charge in [-0.1, -0.05) is 36.8 Å². The van der Waals surface area contributed by atoms with E-state index in [9.17, 15) is 9.59 Å². The number of nitrogens with one attached hydrogen (secondary N) is 1. The molecular weight excluding hydrogens is 300 g/mol. The van der Waals surface area contributed by atoms with Crippen molar-refractivity contribution in [3.05, 3.63) is 35.9 Å². The Balaban J connectivity index is 1.31. The Kier molecular flexibility index (Phi) is 4.07. The molecule has 3 amide bonds. The summed E-state index contributed by atoms with van der Waals surface area (Å²) in [6.07, 6.45) is 7.84. The van der Waals surface area contributed by atoms with Gasteiger partial charge >= 0.3 is 6.03 Å². The fourth-order valence-corrected chi connectivity index (χ4v) is 4.53. The highest BCUT2D eigenvalue weighted by Crippen LogP contribution is 2.57. The van der Waals surface area contributed by atoms with Gasteiger partial charge < -0.3 is 4.90 Å². The highest BCUT2D eigenvalue weighted by molar-refractivity contribution is 5.95. The number of imide groups is 1. The third kappa shape index (κ3) is 3.19. The van der Waals surface area contributed by atoms with Crippen molar-refractivity contribution in [2.45, 2.75) is 50.9 Å². The van der Waals surface area contributed by atoms with Crippen molar-refractivity contribution in [3.63, 3.8) is 0 Å². The van der Waals surface area contributed by atoms with E-state index in [-0.39, 0.29) is 17.9 Å². The zero-order valence-electron chi connectivity index (χ0n) is 14.2. The molecule has 1 aromatic carbocycles. The Morgan fingerprint density at radius 3 is 2.62 bits per heavy atom. The van der Waals surface area contributed by atoms with E-state index in [2.05, 4.69) is 17.4 Å². The van der Waals surface area contributed by atoms with Crippen LogP contribution < -0.4 is 5.32 Å². The van der Waals surface area contributed by atoms with E-state index in [4.69, 9.17) is 0 Å². The predicted molar refractivity (Wildman–Crippen MR) is 92.5 cm³/mol. The van der Waals surface area contributed by atoms with Gasteiger partial charge in [-0.25, -0.2) is 4.79 Å². The summed E-state index contributed by atoms with van der Waals surface area (Å²) in [5.74, 6) is 0.378. The van der Waals surface area contributed by atoms with Crippen LogP contribution in [0.4, 0.5) is 4.79 Å². The van der Waals surface area contributed by atoms with E-state index in [0.29, 0.717) is 17.9 Å². The molecule has 0 radical (unpaired) electrons. The standard InChI is InChI=1S/C20H26N2O2/c23-18(16-7-4-9-20(13-16)10-11-20)21-19(24)22-12-8-17(14-22)15-5-2-1-3-6-15/h1-3,5-6,16-17H,4,7-14H2,(H,21,23,24)/t16?,17-/m0/s1. The smallest absolute Gasteiger partial charge is 0.324 e. The van der Waals surface area contributed by atoms with Gasteiger partial charge in [0, 0.05) is 24.9 Å². The molecule has 1 saturated heterocycles. The minimum atomic E-state index is -0.200. The van der Waals surface area contributed by atoms with Crippen LogP contribution in [0.5, 0.6) is 0 Å². The molecule has 1 aromatic rings. The number of urea groups is 1. The molecule has 0 aromatic heterocycles. The molecule has 3 fully saturated rings. The van der Waals surface area contributed by atoms with Gasteiger partial charge in [-0.3, -0.25) is 10.1 Å². The first-order chi connectivity index (χ1) is 11.7. The maximum atomic E-state index is 12.5. The Labute approximate surface area is 143 Å². The molecule has 1 spiro atoms. The average Bonchev–Trinajstić information content (AvgIpc) is 3.16. The average molecular weight is 326 g/mol. The summed E-state index contributed by atoms with van der Waals surface area (Å²) in [4.78, 5) is 26.7. The van der Waals surface area contributed by atoms with Crippen molar-refractivity contribution in [1.82, 2.24) is 10.2 Å². The number of hydrogen-bond donors (Lipinski definition) is 1. The second-order valence-corrected chi connectivity index (χ2v) is 7.93. The SMILES string of the molecule is O=C(NC(=O)N1CC[C@H](c2ccccc2)C1)C1CCCC2(CC2)C1. The lowest BCUT2D eigenvalue weighted by atomic mass is 9.78. The second kappa shape index (κ2) is 6.23. The molecule has 0 bridgehead atoms. The molecule has 4 nitrogen and oxygen atoms in total. The highest BCUT2D eigenvalue weighted by atomic mass is 16.2. The number of benzene rings is 1. The molecule has 4 heteroatoms. The van der Waals surface area contributed by atoms with E-state index < -0.39 is 0 Å².